The standard InChI is InChI=1S/C21H33N3O3/c1-21(2,3)22-19(25)16-23-12-5-13-24(15-14-23)20(26)11-8-17-6-9-18(27-4)10-7-17/h6-7,9-10H,5,8,11-16H2,1-4H3,(H,22,25). The highest BCUT2D eigenvalue weighted by atomic mass is 16.5. The van der Waals surface area contributed by atoms with Crippen LogP contribution in [0.25, 0.3) is 0 Å². The fourth-order valence-electron chi connectivity index (χ4n) is 3.24. The third-order valence-corrected chi connectivity index (χ3v) is 4.61. The van der Waals surface area contributed by atoms with Crippen molar-refractivity contribution in [3.8, 4) is 5.75 Å². The summed E-state index contributed by atoms with van der Waals surface area (Å²) in [6.45, 7) is 9.38. The van der Waals surface area contributed by atoms with Crippen molar-refractivity contribution in [1.29, 1.82) is 0 Å². The third kappa shape index (κ3) is 7.59. The second-order valence-electron chi connectivity index (χ2n) is 8.16. The first-order valence-electron chi connectivity index (χ1n) is 9.71. The topological polar surface area (TPSA) is 61.9 Å². The Morgan fingerprint density at radius 1 is 1.07 bits per heavy atom. The summed E-state index contributed by atoms with van der Waals surface area (Å²) < 4.78 is 5.16. The van der Waals surface area contributed by atoms with Crippen molar-refractivity contribution in [1.82, 2.24) is 15.1 Å². The summed E-state index contributed by atoms with van der Waals surface area (Å²) >= 11 is 0. The van der Waals surface area contributed by atoms with Gasteiger partial charge in [0.15, 0.2) is 0 Å². The van der Waals surface area contributed by atoms with Crippen LogP contribution in [0.15, 0.2) is 24.3 Å². The lowest BCUT2D eigenvalue weighted by atomic mass is 10.1. The molecule has 0 unspecified atom stereocenters. The normalized spacial score (nSPS) is 15.9. The van der Waals surface area contributed by atoms with E-state index in [9.17, 15) is 9.59 Å². The molecule has 2 amide bonds. The van der Waals surface area contributed by atoms with Crippen molar-refractivity contribution in [2.24, 2.45) is 0 Å². The number of hydrogen-bond donors (Lipinski definition) is 1. The molecular weight excluding hydrogens is 342 g/mol. The number of nitrogens with zero attached hydrogens (tertiary/aromatic N) is 2. The van der Waals surface area contributed by atoms with Crippen molar-refractivity contribution in [2.75, 3.05) is 39.8 Å². The first-order valence-corrected chi connectivity index (χ1v) is 9.71. The van der Waals surface area contributed by atoms with E-state index in [1.807, 2.05) is 49.9 Å². The van der Waals surface area contributed by atoms with Gasteiger partial charge in [0.1, 0.15) is 5.75 Å². The Bertz CT molecular complexity index is 623. The van der Waals surface area contributed by atoms with E-state index in [2.05, 4.69) is 10.2 Å². The molecule has 1 aliphatic heterocycles. The summed E-state index contributed by atoms with van der Waals surface area (Å²) in [5.74, 6) is 1.06. The van der Waals surface area contributed by atoms with Crippen molar-refractivity contribution < 1.29 is 14.3 Å². The number of rotatable bonds is 6. The van der Waals surface area contributed by atoms with Gasteiger partial charge in [-0.25, -0.2) is 0 Å². The Labute approximate surface area is 162 Å². The lowest BCUT2D eigenvalue weighted by Crippen LogP contribution is -2.46. The summed E-state index contributed by atoms with van der Waals surface area (Å²) in [7, 11) is 1.65. The Kier molecular flexibility index (Phi) is 7.66. The molecule has 1 aliphatic rings. The van der Waals surface area contributed by atoms with Gasteiger partial charge in [-0.3, -0.25) is 14.5 Å². The highest BCUT2D eigenvalue weighted by Crippen LogP contribution is 2.14. The van der Waals surface area contributed by atoms with Crippen LogP contribution in [0.5, 0.6) is 5.75 Å². The van der Waals surface area contributed by atoms with Gasteiger partial charge in [0.25, 0.3) is 0 Å². The van der Waals surface area contributed by atoms with Gasteiger partial charge in [-0.1, -0.05) is 12.1 Å². The van der Waals surface area contributed by atoms with Crippen LogP contribution >= 0.6 is 0 Å². The fraction of sp³-hybridized carbons (Fsp3) is 0.619. The number of amides is 2. The first kappa shape index (κ1) is 21.2. The summed E-state index contributed by atoms with van der Waals surface area (Å²) in [6, 6.07) is 7.85. The molecule has 150 valence electrons. The number of benzene rings is 1. The van der Waals surface area contributed by atoms with E-state index in [1.165, 1.54) is 0 Å². The number of hydrogen-bond acceptors (Lipinski definition) is 4. The molecule has 0 saturated carbocycles. The molecule has 1 fully saturated rings. The molecule has 1 N–H and O–H groups in total. The van der Waals surface area contributed by atoms with E-state index in [0.717, 1.165) is 43.8 Å². The van der Waals surface area contributed by atoms with Crippen LogP contribution in [0.3, 0.4) is 0 Å². The van der Waals surface area contributed by atoms with Crippen LogP contribution in [0.4, 0.5) is 0 Å². The molecule has 2 rings (SSSR count). The summed E-state index contributed by atoms with van der Waals surface area (Å²) in [5.41, 5.74) is 0.922. The zero-order chi connectivity index (χ0) is 19.9. The van der Waals surface area contributed by atoms with Crippen molar-refractivity contribution in [3.63, 3.8) is 0 Å². The minimum Gasteiger partial charge on any atom is -0.497 e. The third-order valence-electron chi connectivity index (χ3n) is 4.61. The second-order valence-corrected chi connectivity index (χ2v) is 8.16. The van der Waals surface area contributed by atoms with E-state index < -0.39 is 0 Å². The van der Waals surface area contributed by atoms with Gasteiger partial charge in [-0.05, 0) is 51.3 Å². The highest BCUT2D eigenvalue weighted by molar-refractivity contribution is 5.79. The van der Waals surface area contributed by atoms with Crippen LogP contribution in [0, 0.1) is 0 Å². The molecule has 27 heavy (non-hydrogen) atoms. The Hall–Kier alpha value is -2.08. The van der Waals surface area contributed by atoms with E-state index in [4.69, 9.17) is 4.74 Å². The van der Waals surface area contributed by atoms with Crippen LogP contribution in [0.2, 0.25) is 0 Å². The molecule has 6 nitrogen and oxygen atoms in total. The molecule has 1 heterocycles. The monoisotopic (exact) mass is 375 g/mol. The largest absolute Gasteiger partial charge is 0.497 e. The molecule has 1 aromatic rings. The molecule has 0 radical (unpaired) electrons. The predicted molar refractivity (Wildman–Crippen MR) is 107 cm³/mol. The van der Waals surface area contributed by atoms with E-state index >= 15 is 0 Å². The quantitative estimate of drug-likeness (QED) is 0.827. The molecule has 1 aromatic carbocycles. The molecule has 0 atom stereocenters. The van der Waals surface area contributed by atoms with Gasteiger partial charge in [0.2, 0.25) is 11.8 Å². The number of carbonyl (C=O) groups excluding carboxylic acids is 2. The second kappa shape index (κ2) is 9.74. The Balaban J connectivity index is 1.77. The van der Waals surface area contributed by atoms with E-state index in [1.54, 1.807) is 7.11 Å². The van der Waals surface area contributed by atoms with E-state index in [0.29, 0.717) is 19.5 Å². The van der Waals surface area contributed by atoms with Gasteiger partial charge in [0, 0.05) is 38.1 Å². The average Bonchev–Trinajstić information content (AvgIpc) is 2.84. The molecule has 1 saturated heterocycles. The molecule has 0 bridgehead atoms. The minimum atomic E-state index is -0.216. The minimum absolute atomic E-state index is 0.0433. The Morgan fingerprint density at radius 2 is 1.78 bits per heavy atom. The maximum atomic E-state index is 12.6. The van der Waals surface area contributed by atoms with Crippen molar-refractivity contribution in [2.45, 2.75) is 45.6 Å². The highest BCUT2D eigenvalue weighted by Gasteiger charge is 2.21. The van der Waals surface area contributed by atoms with Crippen molar-refractivity contribution >= 4 is 11.8 Å². The van der Waals surface area contributed by atoms with E-state index in [-0.39, 0.29) is 17.4 Å². The summed E-state index contributed by atoms with van der Waals surface area (Å²) in [6.07, 6.45) is 2.14. The van der Waals surface area contributed by atoms with Gasteiger partial charge in [0.05, 0.1) is 13.7 Å². The van der Waals surface area contributed by atoms with Gasteiger partial charge >= 0.3 is 0 Å². The number of nitrogens with one attached hydrogen (secondary N) is 1. The van der Waals surface area contributed by atoms with Gasteiger partial charge < -0.3 is 15.0 Å². The van der Waals surface area contributed by atoms with Crippen LogP contribution < -0.4 is 10.1 Å². The molecule has 0 aromatic heterocycles. The van der Waals surface area contributed by atoms with Crippen LogP contribution in [0.1, 0.15) is 39.2 Å². The Morgan fingerprint density at radius 3 is 2.41 bits per heavy atom. The number of aryl methyl sites for hydroxylation is 1. The fourth-order valence-corrected chi connectivity index (χ4v) is 3.24. The maximum Gasteiger partial charge on any atom is 0.234 e. The molecule has 0 aliphatic carbocycles. The lowest BCUT2D eigenvalue weighted by Gasteiger charge is -2.25. The zero-order valence-electron chi connectivity index (χ0n) is 17.1. The predicted octanol–water partition coefficient (Wildman–Crippen LogP) is 2.08. The lowest BCUT2D eigenvalue weighted by molar-refractivity contribution is -0.131. The first-order chi connectivity index (χ1) is 12.8. The average molecular weight is 376 g/mol. The van der Waals surface area contributed by atoms with Crippen LogP contribution in [-0.2, 0) is 16.0 Å². The molecule has 0 spiro atoms. The number of ether oxygens (including phenoxy) is 1. The molecular formula is C21H33N3O3. The SMILES string of the molecule is COc1ccc(CCC(=O)N2CCCN(CC(=O)NC(C)(C)C)CC2)cc1. The number of carbonyl (C=O) groups is 2. The van der Waals surface area contributed by atoms with Crippen LogP contribution in [-0.4, -0.2) is 67.0 Å². The van der Waals surface area contributed by atoms with Crippen molar-refractivity contribution in [3.05, 3.63) is 29.8 Å². The smallest absolute Gasteiger partial charge is 0.234 e. The van der Waals surface area contributed by atoms with Gasteiger partial charge in [-0.2, -0.15) is 0 Å². The maximum absolute atomic E-state index is 12.6. The van der Waals surface area contributed by atoms with Gasteiger partial charge in [-0.15, -0.1) is 0 Å². The molecule has 6 heteroatoms. The zero-order valence-corrected chi connectivity index (χ0v) is 17.1. The summed E-state index contributed by atoms with van der Waals surface area (Å²) in [4.78, 5) is 28.8. The number of methoxy groups -OCH3 is 1. The summed E-state index contributed by atoms with van der Waals surface area (Å²) in [5, 5.41) is 3.00.